The molecular weight excluding hydrogens is 633 g/mol. The molecule has 0 saturated heterocycles. The van der Waals surface area contributed by atoms with Crippen molar-refractivity contribution in [1.29, 1.82) is 5.26 Å². The van der Waals surface area contributed by atoms with Crippen LogP contribution in [0.25, 0.3) is 98.6 Å². The number of hydrogen-bond acceptors (Lipinski definition) is 2. The molecule has 11 rings (SSSR count). The van der Waals surface area contributed by atoms with Crippen LogP contribution in [-0.4, -0.2) is 14.1 Å². The van der Waals surface area contributed by atoms with Crippen LogP contribution in [0.1, 0.15) is 5.56 Å². The molecule has 11 aromatic rings. The largest absolute Gasteiger partial charge is 0.309 e. The Kier molecular flexibility index (Phi) is 5.99. The first kappa shape index (κ1) is 28.6. The summed E-state index contributed by atoms with van der Waals surface area (Å²) in [6.07, 6.45) is 2.02. The van der Waals surface area contributed by atoms with E-state index in [1.165, 1.54) is 32.4 Å². The molecule has 0 N–H and O–H groups in total. The van der Waals surface area contributed by atoms with Gasteiger partial charge in [-0.3, -0.25) is 4.98 Å². The van der Waals surface area contributed by atoms with Crippen molar-refractivity contribution in [2.24, 2.45) is 0 Å². The fraction of sp³-hybridized carbons (Fsp3) is 0. The number of aromatic nitrogens is 3. The summed E-state index contributed by atoms with van der Waals surface area (Å²) in [5.41, 5.74) is 10.5. The van der Waals surface area contributed by atoms with Crippen LogP contribution in [0.5, 0.6) is 0 Å². The Hall–Kier alpha value is -7.22. The first-order valence-corrected chi connectivity index (χ1v) is 17.5. The molecule has 0 aliphatic carbocycles. The van der Waals surface area contributed by atoms with Crippen LogP contribution < -0.4 is 0 Å². The highest BCUT2D eigenvalue weighted by atomic mass is 15.0. The van der Waals surface area contributed by atoms with E-state index < -0.39 is 0 Å². The zero-order valence-electron chi connectivity index (χ0n) is 28.0. The van der Waals surface area contributed by atoms with Crippen LogP contribution in [0.15, 0.2) is 170 Å². The summed E-state index contributed by atoms with van der Waals surface area (Å²) in [5.74, 6) is 0. The average molecular weight is 661 g/mol. The standard InChI is InChI=1S/C48H28N4/c49-28-30-12-10-16-34(24-30)52-42-21-8-6-18-36(42)40-25-32-26-41(48-47(39(32)27-45(40)52)35-17-5-4-13-31(35)29-50-48)37-20-11-23-44-46(37)38-19-7-9-22-43(38)51(44)33-14-2-1-3-15-33/h1-27,29H. The van der Waals surface area contributed by atoms with Gasteiger partial charge in [0.15, 0.2) is 0 Å². The maximum absolute atomic E-state index is 9.78. The maximum atomic E-state index is 9.78. The molecule has 0 atom stereocenters. The minimum atomic E-state index is 0.636. The number of hydrogen-bond donors (Lipinski definition) is 0. The van der Waals surface area contributed by atoms with Crippen LogP contribution in [0.3, 0.4) is 0 Å². The van der Waals surface area contributed by atoms with E-state index in [-0.39, 0.29) is 0 Å². The number of nitriles is 1. The summed E-state index contributed by atoms with van der Waals surface area (Å²) in [6, 6.07) is 60.4. The SMILES string of the molecule is N#Cc1cccc(-n2c3ccccc3c3cc4cc(-c5cccc6c5c5ccccc5n6-c5ccccc5)c5ncc6ccccc6c5c4cc32)c1. The summed E-state index contributed by atoms with van der Waals surface area (Å²) in [5, 5.41) is 20.3. The Morgan fingerprint density at radius 2 is 1.10 bits per heavy atom. The van der Waals surface area contributed by atoms with Crippen molar-refractivity contribution in [3.63, 3.8) is 0 Å². The highest BCUT2D eigenvalue weighted by Gasteiger charge is 2.21. The van der Waals surface area contributed by atoms with Gasteiger partial charge in [-0.05, 0) is 88.5 Å². The topological polar surface area (TPSA) is 46.5 Å². The summed E-state index contributed by atoms with van der Waals surface area (Å²) < 4.78 is 4.67. The zero-order chi connectivity index (χ0) is 34.3. The molecule has 0 radical (unpaired) electrons. The second kappa shape index (κ2) is 10.9. The van der Waals surface area contributed by atoms with Gasteiger partial charge in [0.05, 0.1) is 39.2 Å². The zero-order valence-corrected chi connectivity index (χ0v) is 28.0. The smallest absolute Gasteiger partial charge is 0.0992 e. The van der Waals surface area contributed by atoms with Gasteiger partial charge in [0, 0.05) is 55.5 Å². The van der Waals surface area contributed by atoms with Crippen molar-refractivity contribution in [2.75, 3.05) is 0 Å². The lowest BCUT2D eigenvalue weighted by Gasteiger charge is -2.15. The molecule has 0 aliphatic heterocycles. The van der Waals surface area contributed by atoms with Crippen molar-refractivity contribution in [2.45, 2.75) is 0 Å². The van der Waals surface area contributed by atoms with Crippen LogP contribution in [0.2, 0.25) is 0 Å². The van der Waals surface area contributed by atoms with Crippen LogP contribution in [0, 0.1) is 11.3 Å². The van der Waals surface area contributed by atoms with E-state index in [0.717, 1.165) is 66.1 Å². The van der Waals surface area contributed by atoms with Crippen molar-refractivity contribution < 1.29 is 0 Å². The van der Waals surface area contributed by atoms with Gasteiger partial charge in [0.25, 0.3) is 0 Å². The third-order valence-electron chi connectivity index (χ3n) is 10.7. The fourth-order valence-corrected chi connectivity index (χ4v) is 8.53. The Labute approximate surface area is 298 Å². The maximum Gasteiger partial charge on any atom is 0.0992 e. The predicted octanol–water partition coefficient (Wildman–Crippen LogP) is 12.3. The number of pyridine rings is 1. The predicted molar refractivity (Wildman–Crippen MR) is 216 cm³/mol. The van der Waals surface area contributed by atoms with E-state index in [9.17, 15) is 5.26 Å². The van der Waals surface area contributed by atoms with E-state index in [0.29, 0.717) is 5.56 Å². The number of nitrogens with zero attached hydrogens (tertiary/aromatic N) is 4. The molecule has 8 aromatic carbocycles. The van der Waals surface area contributed by atoms with Crippen LogP contribution >= 0.6 is 0 Å². The van der Waals surface area contributed by atoms with Gasteiger partial charge in [-0.1, -0.05) is 97.1 Å². The second-order valence-corrected chi connectivity index (χ2v) is 13.5. The Balaban J connectivity index is 1.31. The van der Waals surface area contributed by atoms with E-state index >= 15 is 0 Å². The lowest BCUT2D eigenvalue weighted by atomic mass is 9.91. The lowest BCUT2D eigenvalue weighted by molar-refractivity contribution is 1.18. The van der Waals surface area contributed by atoms with Gasteiger partial charge >= 0.3 is 0 Å². The molecule has 4 nitrogen and oxygen atoms in total. The summed E-state index contributed by atoms with van der Waals surface area (Å²) in [4.78, 5) is 5.26. The van der Waals surface area contributed by atoms with Gasteiger partial charge in [0.1, 0.15) is 0 Å². The second-order valence-electron chi connectivity index (χ2n) is 13.5. The molecule has 4 heteroatoms. The molecule has 0 amide bonds. The first-order chi connectivity index (χ1) is 25.8. The van der Waals surface area contributed by atoms with E-state index in [4.69, 9.17) is 4.98 Å². The summed E-state index contributed by atoms with van der Waals surface area (Å²) in [6.45, 7) is 0. The molecule has 3 heterocycles. The van der Waals surface area contributed by atoms with Crippen LogP contribution in [-0.2, 0) is 0 Å². The van der Waals surface area contributed by atoms with Crippen molar-refractivity contribution in [3.05, 3.63) is 176 Å². The molecule has 0 spiro atoms. The van der Waals surface area contributed by atoms with Gasteiger partial charge in [0.2, 0.25) is 0 Å². The van der Waals surface area contributed by atoms with Crippen LogP contribution in [0.4, 0.5) is 0 Å². The quantitative estimate of drug-likeness (QED) is 0.177. The average Bonchev–Trinajstić information content (AvgIpc) is 3.72. The van der Waals surface area contributed by atoms with Gasteiger partial charge in [-0.15, -0.1) is 0 Å². The van der Waals surface area contributed by atoms with Crippen molar-refractivity contribution in [3.8, 4) is 28.6 Å². The number of fused-ring (bicyclic) bond motifs is 11. The molecular formula is C48H28N4. The third kappa shape index (κ3) is 3.99. The minimum absolute atomic E-state index is 0.636. The van der Waals surface area contributed by atoms with Crippen molar-refractivity contribution in [1.82, 2.24) is 14.1 Å². The van der Waals surface area contributed by atoms with E-state index in [2.05, 4.69) is 161 Å². The molecule has 0 unspecified atom stereocenters. The summed E-state index contributed by atoms with van der Waals surface area (Å²) >= 11 is 0. The van der Waals surface area contributed by atoms with E-state index in [1.54, 1.807) is 0 Å². The minimum Gasteiger partial charge on any atom is -0.309 e. The molecule has 52 heavy (non-hydrogen) atoms. The van der Waals surface area contributed by atoms with Gasteiger partial charge < -0.3 is 9.13 Å². The lowest BCUT2D eigenvalue weighted by Crippen LogP contribution is -1.95. The Bertz CT molecular complexity index is 3300. The Morgan fingerprint density at radius 1 is 0.423 bits per heavy atom. The van der Waals surface area contributed by atoms with Gasteiger partial charge in [-0.25, -0.2) is 0 Å². The van der Waals surface area contributed by atoms with Crippen molar-refractivity contribution >= 4 is 76.1 Å². The monoisotopic (exact) mass is 660 g/mol. The molecule has 3 aromatic heterocycles. The highest BCUT2D eigenvalue weighted by molar-refractivity contribution is 6.28. The summed E-state index contributed by atoms with van der Waals surface area (Å²) in [7, 11) is 0. The highest BCUT2D eigenvalue weighted by Crippen LogP contribution is 2.45. The van der Waals surface area contributed by atoms with Gasteiger partial charge in [-0.2, -0.15) is 5.26 Å². The molecule has 240 valence electrons. The fourth-order valence-electron chi connectivity index (χ4n) is 8.53. The normalized spacial score (nSPS) is 11.8. The molecule has 0 aliphatic rings. The molecule has 0 saturated carbocycles. The number of rotatable bonds is 3. The first-order valence-electron chi connectivity index (χ1n) is 17.5. The Morgan fingerprint density at radius 3 is 1.94 bits per heavy atom. The number of para-hydroxylation sites is 3. The number of benzene rings is 8. The molecule has 0 bridgehead atoms. The van der Waals surface area contributed by atoms with E-state index in [1.807, 2.05) is 24.4 Å². The molecule has 0 fully saturated rings. The third-order valence-corrected chi connectivity index (χ3v) is 10.7.